The largest absolute Gasteiger partial charge is 0.487 e. The van der Waals surface area contributed by atoms with E-state index < -0.39 is 29.9 Å². The molecule has 0 saturated carbocycles. The molecule has 21 heavy (non-hydrogen) atoms. The van der Waals surface area contributed by atoms with Crippen LogP contribution < -0.4 is 10.1 Å². The molecule has 4 nitrogen and oxygen atoms in total. The lowest BCUT2D eigenvalue weighted by Gasteiger charge is -2.16. The third kappa shape index (κ3) is 3.79. The summed E-state index contributed by atoms with van der Waals surface area (Å²) in [6.45, 7) is 0.326. The van der Waals surface area contributed by atoms with E-state index in [1.165, 1.54) is 7.11 Å². The highest BCUT2D eigenvalue weighted by atomic mass is 35.5. The molecule has 0 radical (unpaired) electrons. The summed E-state index contributed by atoms with van der Waals surface area (Å²) in [5.41, 5.74) is -0.836. The summed E-state index contributed by atoms with van der Waals surface area (Å²) < 4.78 is 48.0. The van der Waals surface area contributed by atoms with Gasteiger partial charge in [0.1, 0.15) is 17.9 Å². The molecule has 1 aromatic carbocycles. The average Bonchev–Trinajstić information content (AvgIpc) is 2.87. The predicted octanol–water partition coefficient (Wildman–Crippen LogP) is 2.64. The number of hydrogen-bond acceptors (Lipinski definition) is 4. The van der Waals surface area contributed by atoms with Gasteiger partial charge in [-0.1, -0.05) is 11.6 Å². The summed E-state index contributed by atoms with van der Waals surface area (Å²) in [7, 11) is 1.27. The van der Waals surface area contributed by atoms with E-state index in [2.05, 4.69) is 10.1 Å². The number of methoxy groups -OCH3 is 1. The molecule has 1 fully saturated rings. The Morgan fingerprint density at radius 3 is 2.76 bits per heavy atom. The first kappa shape index (κ1) is 15.9. The van der Waals surface area contributed by atoms with Crippen LogP contribution in [0.3, 0.4) is 0 Å². The Labute approximate surface area is 124 Å². The highest BCUT2D eigenvalue weighted by molar-refractivity contribution is 6.32. The van der Waals surface area contributed by atoms with Crippen molar-refractivity contribution in [3.8, 4) is 5.75 Å². The van der Waals surface area contributed by atoms with Crippen molar-refractivity contribution >= 4 is 17.6 Å². The van der Waals surface area contributed by atoms with Gasteiger partial charge in [-0.2, -0.15) is 13.2 Å². The molecule has 1 heterocycles. The van der Waals surface area contributed by atoms with Gasteiger partial charge in [0, 0.05) is 13.0 Å². The maximum atomic E-state index is 12.7. The smallest absolute Gasteiger partial charge is 0.416 e. The molecule has 2 atom stereocenters. The number of nitrogens with one attached hydrogen (secondary N) is 1. The van der Waals surface area contributed by atoms with Crippen molar-refractivity contribution in [1.29, 1.82) is 0 Å². The molecule has 1 aliphatic heterocycles. The fourth-order valence-corrected chi connectivity index (χ4v) is 2.23. The number of rotatable bonds is 3. The molecule has 1 aliphatic rings. The van der Waals surface area contributed by atoms with E-state index >= 15 is 0 Å². The van der Waals surface area contributed by atoms with E-state index in [4.69, 9.17) is 16.3 Å². The summed E-state index contributed by atoms with van der Waals surface area (Å²) in [5, 5.41) is 2.96. The molecule has 0 aromatic heterocycles. The highest BCUT2D eigenvalue weighted by Crippen LogP contribution is 2.35. The number of hydrogen-bond donors (Lipinski definition) is 1. The van der Waals surface area contributed by atoms with Crippen LogP contribution in [0.5, 0.6) is 5.75 Å². The maximum absolute atomic E-state index is 12.7. The summed E-state index contributed by atoms with van der Waals surface area (Å²) in [5.74, 6) is -0.486. The Hall–Kier alpha value is -1.47. The number of esters is 1. The fraction of sp³-hybridized carbons (Fsp3) is 0.462. The molecular weight excluding hydrogens is 311 g/mol. The van der Waals surface area contributed by atoms with Gasteiger partial charge in [-0.15, -0.1) is 0 Å². The Kier molecular flexibility index (Phi) is 4.63. The molecule has 0 spiro atoms. The van der Waals surface area contributed by atoms with Crippen LogP contribution in [0.25, 0.3) is 0 Å². The molecule has 2 unspecified atom stereocenters. The summed E-state index contributed by atoms with van der Waals surface area (Å²) in [6, 6.07) is 2.36. The van der Waals surface area contributed by atoms with Gasteiger partial charge >= 0.3 is 12.1 Å². The molecule has 2 rings (SSSR count). The number of alkyl halides is 3. The fourth-order valence-electron chi connectivity index (χ4n) is 2.06. The standard InChI is InChI=1S/C13H13ClF3NO3/c1-20-12(19)10-5-8(6-18-10)21-11-4-7(13(15,16)17)2-3-9(11)14/h2-4,8,10,18H,5-6H2,1H3. The minimum Gasteiger partial charge on any atom is -0.487 e. The maximum Gasteiger partial charge on any atom is 0.416 e. The second kappa shape index (κ2) is 6.11. The molecule has 0 amide bonds. The third-order valence-corrected chi connectivity index (χ3v) is 3.44. The molecule has 0 bridgehead atoms. The zero-order chi connectivity index (χ0) is 15.6. The van der Waals surface area contributed by atoms with Crippen LogP contribution in [-0.2, 0) is 15.7 Å². The molecule has 116 valence electrons. The van der Waals surface area contributed by atoms with Crippen molar-refractivity contribution in [2.45, 2.75) is 24.7 Å². The zero-order valence-electron chi connectivity index (χ0n) is 11.0. The lowest BCUT2D eigenvalue weighted by Crippen LogP contribution is -2.31. The Balaban J connectivity index is 2.08. The van der Waals surface area contributed by atoms with E-state index in [9.17, 15) is 18.0 Å². The van der Waals surface area contributed by atoms with Gasteiger partial charge in [0.15, 0.2) is 0 Å². The van der Waals surface area contributed by atoms with E-state index in [0.717, 1.165) is 18.2 Å². The SMILES string of the molecule is COC(=O)C1CC(Oc2cc(C(F)(F)F)ccc2Cl)CN1. The zero-order valence-corrected chi connectivity index (χ0v) is 11.8. The number of ether oxygens (including phenoxy) is 2. The second-order valence-corrected chi connectivity index (χ2v) is 5.01. The van der Waals surface area contributed by atoms with Crippen LogP contribution in [0.1, 0.15) is 12.0 Å². The van der Waals surface area contributed by atoms with Crippen LogP contribution in [0.4, 0.5) is 13.2 Å². The van der Waals surface area contributed by atoms with Gasteiger partial charge in [0.25, 0.3) is 0 Å². The van der Waals surface area contributed by atoms with Gasteiger partial charge in [-0.05, 0) is 18.2 Å². The molecule has 1 aromatic rings. The number of halogens is 4. The van der Waals surface area contributed by atoms with Crippen LogP contribution in [0, 0.1) is 0 Å². The Morgan fingerprint density at radius 1 is 1.43 bits per heavy atom. The van der Waals surface area contributed by atoms with Crippen LogP contribution in [0.15, 0.2) is 18.2 Å². The van der Waals surface area contributed by atoms with Crippen LogP contribution in [0.2, 0.25) is 5.02 Å². The van der Waals surface area contributed by atoms with Crippen molar-refractivity contribution in [1.82, 2.24) is 5.32 Å². The van der Waals surface area contributed by atoms with Crippen molar-refractivity contribution in [2.24, 2.45) is 0 Å². The topological polar surface area (TPSA) is 47.6 Å². The lowest BCUT2D eigenvalue weighted by atomic mass is 10.2. The van der Waals surface area contributed by atoms with Crippen molar-refractivity contribution in [3.05, 3.63) is 28.8 Å². The quantitative estimate of drug-likeness (QED) is 0.869. The van der Waals surface area contributed by atoms with E-state index in [1.54, 1.807) is 0 Å². The minimum absolute atomic E-state index is 0.0520. The first-order chi connectivity index (χ1) is 9.81. The van der Waals surface area contributed by atoms with E-state index in [0.29, 0.717) is 13.0 Å². The van der Waals surface area contributed by atoms with Gasteiger partial charge in [-0.25, -0.2) is 0 Å². The molecule has 1 saturated heterocycles. The van der Waals surface area contributed by atoms with Gasteiger partial charge in [-0.3, -0.25) is 4.79 Å². The number of carbonyl (C=O) groups is 1. The molecule has 1 N–H and O–H groups in total. The van der Waals surface area contributed by atoms with Crippen LogP contribution >= 0.6 is 11.6 Å². The van der Waals surface area contributed by atoms with Crippen molar-refractivity contribution < 1.29 is 27.4 Å². The normalized spacial score (nSPS) is 22.1. The lowest BCUT2D eigenvalue weighted by molar-refractivity contribution is -0.142. The number of carbonyl (C=O) groups excluding carboxylic acids is 1. The first-order valence-corrected chi connectivity index (χ1v) is 6.53. The molecular formula is C13H13ClF3NO3. The Morgan fingerprint density at radius 2 is 2.14 bits per heavy atom. The van der Waals surface area contributed by atoms with Gasteiger partial charge < -0.3 is 14.8 Å². The van der Waals surface area contributed by atoms with E-state index in [1.807, 2.05) is 0 Å². The monoisotopic (exact) mass is 323 g/mol. The van der Waals surface area contributed by atoms with Crippen LogP contribution in [-0.4, -0.2) is 31.8 Å². The minimum atomic E-state index is -4.47. The second-order valence-electron chi connectivity index (χ2n) is 4.60. The summed E-state index contributed by atoms with van der Waals surface area (Å²) in [4.78, 5) is 11.3. The number of benzene rings is 1. The van der Waals surface area contributed by atoms with Gasteiger partial charge in [0.2, 0.25) is 0 Å². The third-order valence-electron chi connectivity index (χ3n) is 3.13. The van der Waals surface area contributed by atoms with E-state index in [-0.39, 0.29) is 10.8 Å². The summed E-state index contributed by atoms with van der Waals surface area (Å²) >= 11 is 5.85. The van der Waals surface area contributed by atoms with Crippen molar-refractivity contribution in [2.75, 3.05) is 13.7 Å². The molecule has 8 heteroatoms. The molecule has 0 aliphatic carbocycles. The average molecular weight is 324 g/mol. The van der Waals surface area contributed by atoms with Crippen molar-refractivity contribution in [3.63, 3.8) is 0 Å². The highest BCUT2D eigenvalue weighted by Gasteiger charge is 2.34. The first-order valence-electron chi connectivity index (χ1n) is 6.16. The predicted molar refractivity (Wildman–Crippen MR) is 69.3 cm³/mol. The summed E-state index contributed by atoms with van der Waals surface area (Å²) in [6.07, 6.45) is -4.61. The Bertz CT molecular complexity index is 536. The van der Waals surface area contributed by atoms with Gasteiger partial charge in [0.05, 0.1) is 17.7 Å².